The molecule has 1 aliphatic heterocycles. The maximum atomic E-state index is 12.7. The number of nitrogens with zero attached hydrogens (tertiary/aromatic N) is 2. The first-order valence-corrected chi connectivity index (χ1v) is 8.94. The van der Waals surface area contributed by atoms with Crippen LogP contribution in [0.5, 0.6) is 5.75 Å². The summed E-state index contributed by atoms with van der Waals surface area (Å²) in [7, 11) is 0.409. The number of rotatable bonds is 4. The second kappa shape index (κ2) is 6.28. The van der Waals surface area contributed by atoms with Crippen LogP contribution in [0.4, 0.5) is 0 Å². The zero-order valence-electron chi connectivity index (χ0n) is 13.8. The first kappa shape index (κ1) is 15.9. The molecule has 23 heavy (non-hydrogen) atoms. The van der Waals surface area contributed by atoms with Gasteiger partial charge in [0.1, 0.15) is 5.75 Å². The molecule has 0 saturated heterocycles. The molecule has 6 heteroatoms. The van der Waals surface area contributed by atoms with Crippen molar-refractivity contribution >= 4 is 28.0 Å². The molecule has 3 unspecified atom stereocenters. The van der Waals surface area contributed by atoms with E-state index in [-0.39, 0.29) is 6.04 Å². The van der Waals surface area contributed by atoms with Gasteiger partial charge in [-0.3, -0.25) is 9.20 Å². The third-order valence-electron chi connectivity index (χ3n) is 4.55. The molecule has 1 N–H and O–H groups in total. The summed E-state index contributed by atoms with van der Waals surface area (Å²) in [5, 5.41) is 0.500. The van der Waals surface area contributed by atoms with Crippen LogP contribution in [0.1, 0.15) is 20.8 Å². The van der Waals surface area contributed by atoms with E-state index in [1.807, 2.05) is 24.4 Å². The fraction of sp³-hybridized carbons (Fsp3) is 0.412. The van der Waals surface area contributed by atoms with E-state index in [9.17, 15) is 4.21 Å². The van der Waals surface area contributed by atoms with Crippen molar-refractivity contribution in [3.05, 3.63) is 29.3 Å². The van der Waals surface area contributed by atoms with Gasteiger partial charge in [0, 0.05) is 18.2 Å². The lowest BCUT2D eigenvalue weighted by atomic mass is 9.90. The van der Waals surface area contributed by atoms with Crippen molar-refractivity contribution in [3.63, 3.8) is 0 Å². The number of benzene rings is 1. The van der Waals surface area contributed by atoms with Crippen LogP contribution in [0.15, 0.2) is 39.5 Å². The number of imidazole rings is 1. The molecule has 1 aliphatic rings. The number of allylic oxidation sites excluding steroid dienone is 1. The van der Waals surface area contributed by atoms with Crippen LogP contribution < -0.4 is 4.74 Å². The summed E-state index contributed by atoms with van der Waals surface area (Å²) >= 11 is 0. The van der Waals surface area contributed by atoms with Gasteiger partial charge in [-0.2, -0.15) is 0 Å². The summed E-state index contributed by atoms with van der Waals surface area (Å²) in [6.45, 7) is 6.32. The predicted molar refractivity (Wildman–Crippen MR) is 93.7 cm³/mol. The molecule has 3 rings (SSSR count). The second-order valence-corrected chi connectivity index (χ2v) is 7.35. The van der Waals surface area contributed by atoms with Gasteiger partial charge in [-0.15, -0.1) is 0 Å². The third-order valence-corrected chi connectivity index (χ3v) is 5.82. The molecule has 3 atom stereocenters. The van der Waals surface area contributed by atoms with Crippen molar-refractivity contribution in [2.24, 2.45) is 10.9 Å². The number of hydrogen-bond donors (Lipinski definition) is 1. The molecule has 0 saturated carbocycles. The lowest BCUT2D eigenvalue weighted by Gasteiger charge is -2.25. The summed E-state index contributed by atoms with van der Waals surface area (Å²) < 4.78 is 17.9. The van der Waals surface area contributed by atoms with Crippen LogP contribution in [-0.2, 0) is 10.8 Å². The van der Waals surface area contributed by atoms with E-state index < -0.39 is 10.8 Å². The maximum Gasteiger partial charge on any atom is 0.197 e. The molecule has 0 fully saturated rings. The molecule has 0 bridgehead atoms. The summed E-state index contributed by atoms with van der Waals surface area (Å²) in [5.41, 5.74) is 4.15. The molecule has 5 nitrogen and oxygen atoms in total. The topological polar surface area (TPSA) is 67.3 Å². The Labute approximate surface area is 138 Å². The van der Waals surface area contributed by atoms with Gasteiger partial charge in [0.2, 0.25) is 0 Å². The molecule has 2 aromatic rings. The monoisotopic (exact) mass is 331 g/mol. The van der Waals surface area contributed by atoms with E-state index in [0.717, 1.165) is 16.8 Å². The maximum absolute atomic E-state index is 12.7. The summed E-state index contributed by atoms with van der Waals surface area (Å²) in [6.07, 6.45) is 1.89. The number of nitrogens with one attached hydrogen (secondary N) is 1. The number of aromatic nitrogens is 2. The Hall–Kier alpha value is -1.95. The predicted octanol–water partition coefficient (Wildman–Crippen LogP) is 3.10. The van der Waals surface area contributed by atoms with Gasteiger partial charge in [-0.25, -0.2) is 4.98 Å². The van der Waals surface area contributed by atoms with E-state index in [4.69, 9.17) is 4.74 Å². The number of aliphatic imine (C=N–C) groups is 1. The molecule has 1 aromatic carbocycles. The zero-order valence-corrected chi connectivity index (χ0v) is 14.6. The van der Waals surface area contributed by atoms with Gasteiger partial charge < -0.3 is 9.72 Å². The number of methoxy groups -OCH3 is 1. The van der Waals surface area contributed by atoms with Crippen LogP contribution >= 0.6 is 0 Å². The van der Waals surface area contributed by atoms with E-state index in [1.54, 1.807) is 7.11 Å². The van der Waals surface area contributed by atoms with Crippen molar-refractivity contribution < 1.29 is 8.95 Å². The third kappa shape index (κ3) is 3.08. The standard InChI is InChI=1S/C17H21N3O2S/c1-10-8-18-16(12(3)11(10)2)9-23(21)17-19-14-6-5-13(22-4)7-15(14)20-17/h5-8,12,16H,9H2,1-4H3,(H,19,20). The highest BCUT2D eigenvalue weighted by Crippen LogP contribution is 2.26. The van der Waals surface area contributed by atoms with Crippen LogP contribution in [-0.4, -0.2) is 39.3 Å². The molecule has 2 heterocycles. The van der Waals surface area contributed by atoms with Crippen molar-refractivity contribution in [2.75, 3.05) is 12.9 Å². The molecule has 0 radical (unpaired) electrons. The smallest absolute Gasteiger partial charge is 0.197 e. The number of fused-ring (bicyclic) bond motifs is 1. The second-order valence-electron chi connectivity index (χ2n) is 5.94. The zero-order chi connectivity index (χ0) is 16.6. The molecule has 0 aliphatic carbocycles. The Balaban J connectivity index is 1.80. The fourth-order valence-electron chi connectivity index (χ4n) is 2.71. The minimum atomic E-state index is -1.21. The van der Waals surface area contributed by atoms with E-state index in [0.29, 0.717) is 16.8 Å². The lowest BCUT2D eigenvalue weighted by molar-refractivity contribution is 0.415. The van der Waals surface area contributed by atoms with Gasteiger partial charge in [-0.1, -0.05) is 12.5 Å². The Morgan fingerprint density at radius 3 is 2.87 bits per heavy atom. The summed E-state index contributed by atoms with van der Waals surface area (Å²) in [5.74, 6) is 1.52. The van der Waals surface area contributed by atoms with Gasteiger partial charge >= 0.3 is 0 Å². The van der Waals surface area contributed by atoms with Crippen LogP contribution in [0, 0.1) is 5.92 Å². The van der Waals surface area contributed by atoms with Gasteiger partial charge in [0.25, 0.3) is 0 Å². The molecular formula is C17H21N3O2S. The normalized spacial score (nSPS) is 22.6. The average Bonchev–Trinajstić information content (AvgIpc) is 2.98. The van der Waals surface area contributed by atoms with E-state index in [1.165, 1.54) is 11.1 Å². The van der Waals surface area contributed by atoms with E-state index in [2.05, 4.69) is 35.7 Å². The minimum absolute atomic E-state index is 0.0299. The molecule has 0 amide bonds. The Morgan fingerprint density at radius 1 is 1.35 bits per heavy atom. The first-order chi connectivity index (χ1) is 11.0. The quantitative estimate of drug-likeness (QED) is 0.936. The molecule has 1 aromatic heterocycles. The highest BCUT2D eigenvalue weighted by atomic mass is 32.2. The summed E-state index contributed by atoms with van der Waals surface area (Å²) in [6, 6.07) is 5.60. The average molecular weight is 331 g/mol. The molecular weight excluding hydrogens is 310 g/mol. The van der Waals surface area contributed by atoms with Gasteiger partial charge in [-0.05, 0) is 31.6 Å². The fourth-order valence-corrected chi connectivity index (χ4v) is 3.97. The molecule has 122 valence electrons. The Morgan fingerprint density at radius 2 is 2.13 bits per heavy atom. The van der Waals surface area contributed by atoms with Crippen molar-refractivity contribution in [1.82, 2.24) is 9.97 Å². The number of hydrogen-bond acceptors (Lipinski definition) is 4. The first-order valence-electron chi connectivity index (χ1n) is 7.62. The van der Waals surface area contributed by atoms with Crippen molar-refractivity contribution in [2.45, 2.75) is 32.0 Å². The van der Waals surface area contributed by atoms with Crippen LogP contribution in [0.2, 0.25) is 0 Å². The van der Waals surface area contributed by atoms with Crippen molar-refractivity contribution in [3.8, 4) is 5.75 Å². The van der Waals surface area contributed by atoms with Crippen molar-refractivity contribution in [1.29, 1.82) is 0 Å². The minimum Gasteiger partial charge on any atom is -0.497 e. The van der Waals surface area contributed by atoms with E-state index >= 15 is 0 Å². The molecule has 0 spiro atoms. The summed E-state index contributed by atoms with van der Waals surface area (Å²) in [4.78, 5) is 12.1. The number of ether oxygens (including phenoxy) is 1. The Kier molecular flexibility index (Phi) is 4.35. The van der Waals surface area contributed by atoms with Crippen LogP contribution in [0.3, 0.4) is 0 Å². The number of dihydropyridines is 1. The van der Waals surface area contributed by atoms with Crippen LogP contribution in [0.25, 0.3) is 11.0 Å². The Bertz CT molecular complexity index is 822. The largest absolute Gasteiger partial charge is 0.497 e. The highest BCUT2D eigenvalue weighted by molar-refractivity contribution is 7.84. The SMILES string of the molecule is COc1ccc2nc(S(=O)CC3N=CC(C)=C(C)C3C)[nH]c2c1. The van der Waals surface area contributed by atoms with Gasteiger partial charge in [0.05, 0.1) is 40.7 Å². The highest BCUT2D eigenvalue weighted by Gasteiger charge is 2.25. The number of aromatic amines is 1. The number of H-pyrrole nitrogens is 1. The van der Waals surface area contributed by atoms with Gasteiger partial charge in [0.15, 0.2) is 5.16 Å². The lowest BCUT2D eigenvalue weighted by Crippen LogP contribution is -2.27.